The summed E-state index contributed by atoms with van der Waals surface area (Å²) in [5.74, 6) is 0. The molecule has 2 aromatic heterocycles. The zero-order chi connectivity index (χ0) is 11.5. The Morgan fingerprint density at radius 2 is 1.88 bits per heavy atom. The van der Waals surface area contributed by atoms with Gasteiger partial charge in [-0.25, -0.2) is 0 Å². The van der Waals surface area contributed by atoms with Gasteiger partial charge in [0.2, 0.25) is 0 Å². The number of hydrogen-bond donors (Lipinski definition) is 1. The van der Waals surface area contributed by atoms with Gasteiger partial charge in [-0.3, -0.25) is 4.98 Å². The SMILES string of the molecule is CNC(c1ccsc1)c1cc(C)nc(C)c1. The minimum atomic E-state index is 0.270. The predicted molar refractivity (Wildman–Crippen MR) is 68.9 cm³/mol. The molecule has 0 spiro atoms. The van der Waals surface area contributed by atoms with Gasteiger partial charge in [-0.2, -0.15) is 11.3 Å². The molecule has 0 aliphatic rings. The van der Waals surface area contributed by atoms with Crippen molar-refractivity contribution in [1.82, 2.24) is 10.3 Å². The Morgan fingerprint density at radius 3 is 2.38 bits per heavy atom. The number of hydrogen-bond acceptors (Lipinski definition) is 3. The van der Waals surface area contributed by atoms with Crippen LogP contribution in [0.3, 0.4) is 0 Å². The van der Waals surface area contributed by atoms with Gasteiger partial charge in [-0.05, 0) is 61.0 Å². The van der Waals surface area contributed by atoms with E-state index in [1.165, 1.54) is 11.1 Å². The maximum atomic E-state index is 4.41. The van der Waals surface area contributed by atoms with Crippen LogP contribution in [0.15, 0.2) is 29.0 Å². The highest BCUT2D eigenvalue weighted by Crippen LogP contribution is 2.24. The topological polar surface area (TPSA) is 24.9 Å². The molecule has 1 N–H and O–H groups in total. The smallest absolute Gasteiger partial charge is 0.0583 e. The molecule has 3 heteroatoms. The number of nitrogens with one attached hydrogen (secondary N) is 1. The van der Waals surface area contributed by atoms with E-state index in [9.17, 15) is 0 Å². The van der Waals surface area contributed by atoms with Crippen LogP contribution in [0.25, 0.3) is 0 Å². The maximum absolute atomic E-state index is 4.41. The second-order valence-corrected chi connectivity index (χ2v) is 4.74. The standard InChI is InChI=1S/C13H16N2S/c1-9-6-12(7-10(2)15-9)13(14-3)11-4-5-16-8-11/h4-8,13-14H,1-3H3. The number of aryl methyl sites for hydroxylation is 2. The van der Waals surface area contributed by atoms with E-state index in [2.05, 4.69) is 39.3 Å². The lowest BCUT2D eigenvalue weighted by Crippen LogP contribution is -2.17. The summed E-state index contributed by atoms with van der Waals surface area (Å²) in [4.78, 5) is 4.41. The van der Waals surface area contributed by atoms with E-state index in [4.69, 9.17) is 0 Å². The maximum Gasteiger partial charge on any atom is 0.0583 e. The molecule has 1 atom stereocenters. The monoisotopic (exact) mass is 232 g/mol. The molecule has 0 bridgehead atoms. The van der Waals surface area contributed by atoms with Gasteiger partial charge in [0.15, 0.2) is 0 Å². The average molecular weight is 232 g/mol. The molecule has 2 aromatic rings. The molecule has 0 aromatic carbocycles. The third kappa shape index (κ3) is 2.31. The van der Waals surface area contributed by atoms with Gasteiger partial charge in [-0.15, -0.1) is 0 Å². The van der Waals surface area contributed by atoms with Crippen LogP contribution in [0.2, 0.25) is 0 Å². The summed E-state index contributed by atoms with van der Waals surface area (Å²) < 4.78 is 0. The van der Waals surface area contributed by atoms with E-state index in [0.717, 1.165) is 11.4 Å². The van der Waals surface area contributed by atoms with Crippen LogP contribution >= 0.6 is 11.3 Å². The van der Waals surface area contributed by atoms with E-state index < -0.39 is 0 Å². The van der Waals surface area contributed by atoms with Crippen molar-refractivity contribution in [3.8, 4) is 0 Å². The zero-order valence-corrected chi connectivity index (χ0v) is 10.6. The highest BCUT2D eigenvalue weighted by molar-refractivity contribution is 7.08. The van der Waals surface area contributed by atoms with Crippen LogP contribution in [0, 0.1) is 13.8 Å². The molecule has 2 nitrogen and oxygen atoms in total. The molecule has 0 saturated carbocycles. The van der Waals surface area contributed by atoms with Crippen molar-refractivity contribution in [2.24, 2.45) is 0 Å². The second kappa shape index (κ2) is 4.76. The van der Waals surface area contributed by atoms with Crippen molar-refractivity contribution >= 4 is 11.3 Å². The van der Waals surface area contributed by atoms with Crippen LogP contribution in [-0.4, -0.2) is 12.0 Å². The highest BCUT2D eigenvalue weighted by atomic mass is 32.1. The fraction of sp³-hybridized carbons (Fsp3) is 0.308. The van der Waals surface area contributed by atoms with E-state index in [1.807, 2.05) is 20.9 Å². The number of nitrogens with zero attached hydrogens (tertiary/aromatic N) is 1. The summed E-state index contributed by atoms with van der Waals surface area (Å²) in [6.07, 6.45) is 0. The molecule has 16 heavy (non-hydrogen) atoms. The summed E-state index contributed by atoms with van der Waals surface area (Å²) in [7, 11) is 1.99. The summed E-state index contributed by atoms with van der Waals surface area (Å²) in [6, 6.07) is 6.72. The Morgan fingerprint density at radius 1 is 1.19 bits per heavy atom. The number of rotatable bonds is 3. The summed E-state index contributed by atoms with van der Waals surface area (Å²) >= 11 is 1.73. The van der Waals surface area contributed by atoms with Crippen molar-refractivity contribution in [3.05, 3.63) is 51.5 Å². The van der Waals surface area contributed by atoms with Gasteiger partial charge in [0.25, 0.3) is 0 Å². The third-order valence-corrected chi connectivity index (χ3v) is 3.30. The lowest BCUT2D eigenvalue weighted by Gasteiger charge is -2.16. The molecular weight excluding hydrogens is 216 g/mol. The molecule has 0 aliphatic carbocycles. The van der Waals surface area contributed by atoms with Crippen molar-refractivity contribution in [2.75, 3.05) is 7.05 Å². The van der Waals surface area contributed by atoms with Gasteiger partial charge in [0.1, 0.15) is 0 Å². The van der Waals surface area contributed by atoms with Gasteiger partial charge in [0, 0.05) is 11.4 Å². The molecule has 0 radical (unpaired) electrons. The van der Waals surface area contributed by atoms with Crippen molar-refractivity contribution in [1.29, 1.82) is 0 Å². The Labute approximate surface area is 100 Å². The van der Waals surface area contributed by atoms with Crippen molar-refractivity contribution in [3.63, 3.8) is 0 Å². The first-order valence-electron chi connectivity index (χ1n) is 5.35. The normalized spacial score (nSPS) is 12.7. The lowest BCUT2D eigenvalue weighted by molar-refractivity contribution is 0.691. The van der Waals surface area contributed by atoms with Gasteiger partial charge in [-0.1, -0.05) is 0 Å². The molecule has 0 amide bonds. The number of aromatic nitrogens is 1. The van der Waals surface area contributed by atoms with Crippen LogP contribution < -0.4 is 5.32 Å². The third-order valence-electron chi connectivity index (χ3n) is 2.60. The van der Waals surface area contributed by atoms with Crippen molar-refractivity contribution in [2.45, 2.75) is 19.9 Å². The Kier molecular flexibility index (Phi) is 3.36. The first-order valence-corrected chi connectivity index (χ1v) is 6.29. The van der Waals surface area contributed by atoms with Crippen LogP contribution in [-0.2, 0) is 0 Å². The first kappa shape index (κ1) is 11.3. The predicted octanol–water partition coefficient (Wildman–Crippen LogP) is 3.07. The molecule has 0 aliphatic heterocycles. The molecule has 84 valence electrons. The Hall–Kier alpha value is -1.19. The van der Waals surface area contributed by atoms with Crippen LogP contribution in [0.4, 0.5) is 0 Å². The molecule has 0 saturated heterocycles. The van der Waals surface area contributed by atoms with Crippen LogP contribution in [0.1, 0.15) is 28.6 Å². The van der Waals surface area contributed by atoms with E-state index >= 15 is 0 Å². The minimum Gasteiger partial charge on any atom is -0.309 e. The quantitative estimate of drug-likeness (QED) is 0.879. The van der Waals surface area contributed by atoms with E-state index in [-0.39, 0.29) is 6.04 Å². The molecule has 0 fully saturated rings. The fourth-order valence-electron chi connectivity index (χ4n) is 2.00. The largest absolute Gasteiger partial charge is 0.309 e. The average Bonchev–Trinajstić information content (AvgIpc) is 2.70. The van der Waals surface area contributed by atoms with Gasteiger partial charge < -0.3 is 5.32 Å². The van der Waals surface area contributed by atoms with Crippen molar-refractivity contribution < 1.29 is 0 Å². The van der Waals surface area contributed by atoms with E-state index in [0.29, 0.717) is 0 Å². The van der Waals surface area contributed by atoms with E-state index in [1.54, 1.807) is 11.3 Å². The molecule has 1 unspecified atom stereocenters. The summed E-state index contributed by atoms with van der Waals surface area (Å²) in [5, 5.41) is 7.65. The van der Waals surface area contributed by atoms with Crippen LogP contribution in [0.5, 0.6) is 0 Å². The molecular formula is C13H16N2S. The minimum absolute atomic E-state index is 0.270. The van der Waals surface area contributed by atoms with Gasteiger partial charge in [0.05, 0.1) is 6.04 Å². The first-order chi connectivity index (χ1) is 7.70. The highest BCUT2D eigenvalue weighted by Gasteiger charge is 2.12. The molecule has 2 heterocycles. The summed E-state index contributed by atoms with van der Waals surface area (Å²) in [6.45, 7) is 4.08. The number of pyridine rings is 1. The Balaban J connectivity index is 2.41. The fourth-order valence-corrected chi connectivity index (χ4v) is 2.68. The summed E-state index contributed by atoms with van der Waals surface area (Å²) in [5.41, 5.74) is 4.75. The van der Waals surface area contributed by atoms with Gasteiger partial charge >= 0.3 is 0 Å². The lowest BCUT2D eigenvalue weighted by atomic mass is 10.0. The second-order valence-electron chi connectivity index (χ2n) is 3.96. The molecule has 2 rings (SSSR count). The number of thiophene rings is 1. The Bertz CT molecular complexity index is 443. The zero-order valence-electron chi connectivity index (χ0n) is 9.82.